The van der Waals surface area contributed by atoms with Crippen LogP contribution in [0.3, 0.4) is 0 Å². The lowest BCUT2D eigenvalue weighted by Crippen LogP contribution is -2.47. The molecule has 0 spiro atoms. The zero-order valence-electron chi connectivity index (χ0n) is 9.99. The summed E-state index contributed by atoms with van der Waals surface area (Å²) < 4.78 is 24.8. The Morgan fingerprint density at radius 2 is 2.06 bits per heavy atom. The molecule has 0 saturated carbocycles. The van der Waals surface area contributed by atoms with Crippen LogP contribution < -0.4 is 10.0 Å². The molecule has 0 unspecified atom stereocenters. The fourth-order valence-electron chi connectivity index (χ4n) is 1.36. The zero-order valence-corrected chi connectivity index (χ0v) is 11.6. The van der Waals surface area contributed by atoms with E-state index in [2.05, 4.69) is 15.0 Å². The third kappa shape index (κ3) is 5.86. The predicted molar refractivity (Wildman–Crippen MR) is 69.8 cm³/mol. The maximum absolute atomic E-state index is 11.1. The molecule has 17 heavy (non-hydrogen) atoms. The molecule has 96 valence electrons. The Labute approximate surface area is 107 Å². The van der Waals surface area contributed by atoms with Crippen LogP contribution in [0.1, 0.15) is 13.8 Å². The average Bonchev–Trinajstić information content (AvgIpc) is 2.11. The molecule has 0 amide bonds. The molecule has 2 N–H and O–H groups in total. The predicted octanol–water partition coefficient (Wildman–Crippen LogP) is 1.47. The van der Waals surface area contributed by atoms with E-state index in [-0.39, 0.29) is 0 Å². The van der Waals surface area contributed by atoms with Crippen LogP contribution >= 0.6 is 11.6 Å². The van der Waals surface area contributed by atoms with Crippen molar-refractivity contribution in [2.75, 3.05) is 18.1 Å². The fourth-order valence-corrected chi connectivity index (χ4v) is 2.60. The third-order valence-electron chi connectivity index (χ3n) is 1.89. The Morgan fingerprint density at radius 1 is 1.41 bits per heavy atom. The van der Waals surface area contributed by atoms with E-state index >= 15 is 0 Å². The van der Waals surface area contributed by atoms with Crippen molar-refractivity contribution in [1.29, 1.82) is 0 Å². The van der Waals surface area contributed by atoms with E-state index in [1.54, 1.807) is 32.0 Å². The van der Waals surface area contributed by atoms with Gasteiger partial charge in [-0.05, 0) is 26.0 Å². The minimum Gasteiger partial charge on any atom is -0.368 e. The van der Waals surface area contributed by atoms with Crippen LogP contribution in [-0.4, -0.2) is 31.7 Å². The number of nitrogens with zero attached hydrogens (tertiary/aromatic N) is 1. The number of pyridine rings is 1. The van der Waals surface area contributed by atoms with Gasteiger partial charge in [-0.15, -0.1) is 0 Å². The molecular weight excluding hydrogens is 262 g/mol. The number of anilines is 1. The van der Waals surface area contributed by atoms with Crippen molar-refractivity contribution in [2.24, 2.45) is 0 Å². The van der Waals surface area contributed by atoms with Crippen LogP contribution in [0.2, 0.25) is 5.15 Å². The van der Waals surface area contributed by atoms with Gasteiger partial charge >= 0.3 is 0 Å². The minimum atomic E-state index is -3.23. The molecule has 0 aromatic carbocycles. The molecule has 7 heteroatoms. The van der Waals surface area contributed by atoms with Crippen LogP contribution in [-0.2, 0) is 10.0 Å². The number of sulfonamides is 1. The summed E-state index contributed by atoms with van der Waals surface area (Å²) in [4.78, 5) is 4.05. The summed E-state index contributed by atoms with van der Waals surface area (Å²) in [6.45, 7) is 3.98. The lowest BCUT2D eigenvalue weighted by Gasteiger charge is -2.25. The van der Waals surface area contributed by atoms with Gasteiger partial charge in [-0.2, -0.15) is 0 Å². The van der Waals surface area contributed by atoms with Crippen LogP contribution in [0.4, 0.5) is 5.82 Å². The second-order valence-corrected chi connectivity index (χ2v) is 6.59. The van der Waals surface area contributed by atoms with Gasteiger partial charge in [-0.3, -0.25) is 0 Å². The lowest BCUT2D eigenvalue weighted by molar-refractivity contribution is 0.476. The Balaban J connectivity index is 2.61. The average molecular weight is 278 g/mol. The summed E-state index contributed by atoms with van der Waals surface area (Å²) in [6, 6.07) is 5.21. The summed E-state index contributed by atoms with van der Waals surface area (Å²) in [5.41, 5.74) is -0.600. The van der Waals surface area contributed by atoms with Crippen molar-refractivity contribution in [2.45, 2.75) is 19.4 Å². The number of hydrogen-bond acceptors (Lipinski definition) is 4. The number of rotatable bonds is 5. The van der Waals surface area contributed by atoms with Crippen molar-refractivity contribution >= 4 is 27.4 Å². The maximum Gasteiger partial charge on any atom is 0.209 e. The SMILES string of the molecule is CC(C)(CNc1cccc(Cl)n1)NS(C)(=O)=O. The van der Waals surface area contributed by atoms with Gasteiger partial charge in [0.25, 0.3) is 0 Å². The van der Waals surface area contributed by atoms with Gasteiger partial charge in [0, 0.05) is 12.1 Å². The van der Waals surface area contributed by atoms with Crippen LogP contribution in [0.25, 0.3) is 0 Å². The molecule has 0 aliphatic rings. The third-order valence-corrected chi connectivity index (χ3v) is 3.02. The monoisotopic (exact) mass is 277 g/mol. The van der Waals surface area contributed by atoms with E-state index < -0.39 is 15.6 Å². The first-order valence-electron chi connectivity index (χ1n) is 5.03. The minimum absolute atomic E-state index is 0.392. The second-order valence-electron chi connectivity index (χ2n) is 4.46. The highest BCUT2D eigenvalue weighted by Gasteiger charge is 2.21. The van der Waals surface area contributed by atoms with Gasteiger partial charge in [0.1, 0.15) is 11.0 Å². The van der Waals surface area contributed by atoms with Crippen molar-refractivity contribution in [3.05, 3.63) is 23.4 Å². The quantitative estimate of drug-likeness (QED) is 0.800. The van der Waals surface area contributed by atoms with Gasteiger partial charge in [0.05, 0.1) is 6.26 Å². The molecule has 1 aromatic heterocycles. The summed E-state index contributed by atoms with van der Waals surface area (Å²) in [5, 5.41) is 3.42. The van der Waals surface area contributed by atoms with E-state index in [0.29, 0.717) is 17.5 Å². The van der Waals surface area contributed by atoms with Gasteiger partial charge < -0.3 is 5.32 Å². The topological polar surface area (TPSA) is 71.1 Å². The molecule has 0 bridgehead atoms. The highest BCUT2D eigenvalue weighted by molar-refractivity contribution is 7.88. The van der Waals surface area contributed by atoms with Crippen molar-refractivity contribution in [1.82, 2.24) is 9.71 Å². The molecule has 1 rings (SSSR count). The molecule has 1 aromatic rings. The first kappa shape index (κ1) is 14.2. The van der Waals surface area contributed by atoms with Crippen LogP contribution in [0, 0.1) is 0 Å². The largest absolute Gasteiger partial charge is 0.368 e. The summed E-state index contributed by atoms with van der Waals surface area (Å²) in [6.07, 6.45) is 1.13. The van der Waals surface area contributed by atoms with Crippen LogP contribution in [0.15, 0.2) is 18.2 Å². The molecule has 0 saturated heterocycles. The number of aromatic nitrogens is 1. The summed E-state index contributed by atoms with van der Waals surface area (Å²) in [5.74, 6) is 0.612. The molecule has 0 atom stereocenters. The van der Waals surface area contributed by atoms with E-state index in [1.165, 1.54) is 0 Å². The smallest absolute Gasteiger partial charge is 0.209 e. The Kier molecular flexibility index (Phi) is 4.35. The van der Waals surface area contributed by atoms with E-state index in [0.717, 1.165) is 6.26 Å². The fraction of sp³-hybridized carbons (Fsp3) is 0.500. The molecule has 0 fully saturated rings. The molecule has 0 aliphatic heterocycles. The molecular formula is C10H16ClN3O2S. The zero-order chi connectivity index (χ0) is 13.1. The maximum atomic E-state index is 11.1. The number of nitrogens with one attached hydrogen (secondary N) is 2. The molecule has 1 heterocycles. The number of hydrogen-bond donors (Lipinski definition) is 2. The standard InChI is InChI=1S/C10H16ClN3O2S/c1-10(2,14-17(3,15)16)7-12-9-6-4-5-8(11)13-9/h4-6,14H,7H2,1-3H3,(H,12,13). The number of halogens is 1. The summed E-state index contributed by atoms with van der Waals surface area (Å²) >= 11 is 5.74. The van der Waals surface area contributed by atoms with Gasteiger partial charge in [-0.25, -0.2) is 18.1 Å². The first-order valence-corrected chi connectivity index (χ1v) is 7.30. The van der Waals surface area contributed by atoms with E-state index in [1.807, 2.05) is 0 Å². The van der Waals surface area contributed by atoms with Crippen molar-refractivity contribution in [3.8, 4) is 0 Å². The Morgan fingerprint density at radius 3 is 2.59 bits per heavy atom. The summed E-state index contributed by atoms with van der Waals surface area (Å²) in [7, 11) is -3.23. The lowest BCUT2D eigenvalue weighted by atomic mass is 10.1. The normalized spacial score (nSPS) is 12.5. The van der Waals surface area contributed by atoms with Crippen molar-refractivity contribution < 1.29 is 8.42 Å². The Hall–Kier alpha value is -0.850. The molecule has 0 aliphatic carbocycles. The molecule has 5 nitrogen and oxygen atoms in total. The van der Waals surface area contributed by atoms with Gasteiger partial charge in [0.2, 0.25) is 10.0 Å². The van der Waals surface area contributed by atoms with Crippen LogP contribution in [0.5, 0.6) is 0 Å². The highest BCUT2D eigenvalue weighted by Crippen LogP contribution is 2.11. The Bertz CT molecular complexity index is 488. The highest BCUT2D eigenvalue weighted by atomic mass is 35.5. The second kappa shape index (κ2) is 5.20. The van der Waals surface area contributed by atoms with Crippen molar-refractivity contribution in [3.63, 3.8) is 0 Å². The van der Waals surface area contributed by atoms with E-state index in [4.69, 9.17) is 11.6 Å². The first-order chi connectivity index (χ1) is 7.68. The molecule has 0 radical (unpaired) electrons. The van der Waals surface area contributed by atoms with E-state index in [9.17, 15) is 8.42 Å². The van der Waals surface area contributed by atoms with Gasteiger partial charge in [0.15, 0.2) is 0 Å². The van der Waals surface area contributed by atoms with Gasteiger partial charge in [-0.1, -0.05) is 17.7 Å².